The number of thiocarbonyl (C=S) groups is 1. The Hall–Kier alpha value is -1.33. The SMILES string of the molecule is O.S=C1CN=NN1.c1ccccc1. The third-order valence-corrected chi connectivity index (χ3v) is 1.35. The molecular formula is C8H11N3OS. The van der Waals surface area contributed by atoms with Crippen LogP contribution in [-0.2, 0) is 0 Å². The molecule has 70 valence electrons. The molecular weight excluding hydrogens is 186 g/mol. The van der Waals surface area contributed by atoms with Gasteiger partial charge in [-0.1, -0.05) is 53.8 Å². The fourth-order valence-corrected chi connectivity index (χ4v) is 0.710. The lowest BCUT2D eigenvalue weighted by atomic mass is 10.4. The molecule has 3 N–H and O–H groups in total. The van der Waals surface area contributed by atoms with Gasteiger partial charge in [-0.15, -0.1) is 0 Å². The highest BCUT2D eigenvalue weighted by Gasteiger charge is 1.95. The molecule has 1 heterocycles. The van der Waals surface area contributed by atoms with E-state index < -0.39 is 0 Å². The lowest BCUT2D eigenvalue weighted by molar-refractivity contribution is 0.824. The van der Waals surface area contributed by atoms with Crippen LogP contribution in [0.3, 0.4) is 0 Å². The minimum Gasteiger partial charge on any atom is -0.412 e. The highest BCUT2D eigenvalue weighted by Crippen LogP contribution is 1.83. The van der Waals surface area contributed by atoms with Crippen molar-refractivity contribution in [3.05, 3.63) is 36.4 Å². The van der Waals surface area contributed by atoms with Crippen molar-refractivity contribution in [1.82, 2.24) is 5.43 Å². The molecule has 2 rings (SSSR count). The molecule has 0 aromatic heterocycles. The van der Waals surface area contributed by atoms with Crippen LogP contribution in [0.1, 0.15) is 0 Å². The van der Waals surface area contributed by atoms with Crippen LogP contribution in [-0.4, -0.2) is 17.0 Å². The number of benzene rings is 1. The van der Waals surface area contributed by atoms with Gasteiger partial charge in [-0.2, -0.15) is 5.11 Å². The number of hydrogen-bond acceptors (Lipinski definition) is 3. The Labute approximate surface area is 82.0 Å². The summed E-state index contributed by atoms with van der Waals surface area (Å²) in [6.45, 7) is 0.565. The first kappa shape index (κ1) is 11.7. The highest BCUT2D eigenvalue weighted by molar-refractivity contribution is 7.80. The van der Waals surface area contributed by atoms with Gasteiger partial charge in [-0.05, 0) is 0 Å². The topological polar surface area (TPSA) is 68.2 Å². The zero-order chi connectivity index (χ0) is 8.65. The molecule has 1 aliphatic heterocycles. The molecule has 0 unspecified atom stereocenters. The molecule has 1 aromatic rings. The van der Waals surface area contributed by atoms with Gasteiger partial charge in [0.25, 0.3) is 0 Å². The number of nitrogens with zero attached hydrogens (tertiary/aromatic N) is 2. The Morgan fingerprint density at radius 1 is 1.08 bits per heavy atom. The molecule has 13 heavy (non-hydrogen) atoms. The van der Waals surface area contributed by atoms with Crippen molar-refractivity contribution < 1.29 is 5.48 Å². The smallest absolute Gasteiger partial charge is 0.121 e. The maximum atomic E-state index is 4.62. The molecule has 0 spiro atoms. The van der Waals surface area contributed by atoms with Crippen molar-refractivity contribution in [1.29, 1.82) is 0 Å². The van der Waals surface area contributed by atoms with Crippen molar-refractivity contribution in [2.45, 2.75) is 0 Å². The van der Waals surface area contributed by atoms with E-state index in [2.05, 4.69) is 28.0 Å². The fraction of sp³-hybridized carbons (Fsp3) is 0.125. The lowest BCUT2D eigenvalue weighted by Gasteiger charge is -1.78. The number of hydrogen-bond donors (Lipinski definition) is 1. The van der Waals surface area contributed by atoms with E-state index in [0.29, 0.717) is 11.5 Å². The molecule has 1 aromatic carbocycles. The van der Waals surface area contributed by atoms with Crippen molar-refractivity contribution in [2.24, 2.45) is 10.3 Å². The summed E-state index contributed by atoms with van der Waals surface area (Å²) in [5.74, 6) is 0. The highest BCUT2D eigenvalue weighted by atomic mass is 32.1. The van der Waals surface area contributed by atoms with E-state index in [0.717, 1.165) is 0 Å². The van der Waals surface area contributed by atoms with E-state index in [-0.39, 0.29) is 5.48 Å². The molecule has 1 aliphatic rings. The number of rotatable bonds is 0. The summed E-state index contributed by atoms with van der Waals surface area (Å²) in [5.41, 5.74) is 2.51. The van der Waals surface area contributed by atoms with E-state index in [1.807, 2.05) is 36.4 Å². The van der Waals surface area contributed by atoms with E-state index in [9.17, 15) is 0 Å². The van der Waals surface area contributed by atoms with Gasteiger partial charge < -0.3 is 5.48 Å². The summed E-state index contributed by atoms with van der Waals surface area (Å²) in [5, 5.41) is 6.94. The van der Waals surface area contributed by atoms with E-state index in [1.165, 1.54) is 0 Å². The van der Waals surface area contributed by atoms with Crippen LogP contribution >= 0.6 is 12.2 Å². The van der Waals surface area contributed by atoms with Gasteiger partial charge in [-0.3, -0.25) is 5.43 Å². The van der Waals surface area contributed by atoms with Crippen LogP contribution in [0, 0.1) is 0 Å². The maximum absolute atomic E-state index is 4.62. The van der Waals surface area contributed by atoms with Crippen LogP contribution in [0.25, 0.3) is 0 Å². The van der Waals surface area contributed by atoms with Gasteiger partial charge in [0.05, 0.1) is 0 Å². The van der Waals surface area contributed by atoms with Gasteiger partial charge in [-0.25, -0.2) is 0 Å². The van der Waals surface area contributed by atoms with Crippen LogP contribution in [0.5, 0.6) is 0 Å². The Bertz CT molecular complexity index is 227. The first-order valence-corrected chi connectivity index (χ1v) is 3.96. The third kappa shape index (κ3) is 5.89. The Balaban J connectivity index is 0.000000206. The summed E-state index contributed by atoms with van der Waals surface area (Å²) in [6, 6.07) is 12.0. The molecule has 0 saturated heterocycles. The molecule has 0 fully saturated rings. The Morgan fingerprint density at radius 3 is 1.69 bits per heavy atom. The van der Waals surface area contributed by atoms with Gasteiger partial charge in [0, 0.05) is 0 Å². The quantitative estimate of drug-likeness (QED) is 0.634. The largest absolute Gasteiger partial charge is 0.412 e. The summed E-state index contributed by atoms with van der Waals surface area (Å²) in [6.07, 6.45) is 0. The molecule has 0 atom stereocenters. The van der Waals surface area contributed by atoms with E-state index >= 15 is 0 Å². The lowest BCUT2D eigenvalue weighted by Crippen LogP contribution is -2.09. The van der Waals surface area contributed by atoms with Gasteiger partial charge in [0.1, 0.15) is 11.5 Å². The molecule has 0 radical (unpaired) electrons. The predicted octanol–water partition coefficient (Wildman–Crippen LogP) is 1.15. The summed E-state index contributed by atoms with van der Waals surface area (Å²) < 4.78 is 0. The monoisotopic (exact) mass is 197 g/mol. The third-order valence-electron chi connectivity index (χ3n) is 1.13. The minimum absolute atomic E-state index is 0. The minimum atomic E-state index is 0. The molecule has 0 aliphatic carbocycles. The van der Waals surface area contributed by atoms with Crippen LogP contribution in [0.4, 0.5) is 0 Å². The second kappa shape index (κ2) is 7.33. The summed E-state index contributed by atoms with van der Waals surface area (Å²) in [4.78, 5) is 0.704. The van der Waals surface area contributed by atoms with Crippen molar-refractivity contribution >= 4 is 17.2 Å². The van der Waals surface area contributed by atoms with E-state index in [4.69, 9.17) is 0 Å². The first-order chi connectivity index (χ1) is 5.89. The summed E-state index contributed by atoms with van der Waals surface area (Å²) >= 11 is 4.62. The van der Waals surface area contributed by atoms with Gasteiger partial charge in [0.15, 0.2) is 0 Å². The molecule has 0 bridgehead atoms. The molecule has 0 amide bonds. The van der Waals surface area contributed by atoms with Crippen LogP contribution in [0.2, 0.25) is 0 Å². The average Bonchev–Trinajstić information content (AvgIpc) is 2.60. The Morgan fingerprint density at radius 2 is 1.54 bits per heavy atom. The van der Waals surface area contributed by atoms with E-state index in [1.54, 1.807) is 0 Å². The fourth-order valence-electron chi connectivity index (χ4n) is 0.611. The normalized spacial score (nSPS) is 12.2. The standard InChI is InChI=1S/C6H6.C2H3N3S.H2O/c1-2-4-6-5-3-1;6-2-1-3-5-4-2;/h1-6H;1H2,(H,3,4,6);1H2. The molecule has 0 saturated carbocycles. The second-order valence-electron chi connectivity index (χ2n) is 2.09. The number of nitrogens with one attached hydrogen (secondary N) is 1. The van der Waals surface area contributed by atoms with Crippen molar-refractivity contribution in [2.75, 3.05) is 6.54 Å². The summed E-state index contributed by atoms with van der Waals surface area (Å²) in [7, 11) is 0. The van der Waals surface area contributed by atoms with Crippen LogP contribution < -0.4 is 5.43 Å². The molecule has 5 heteroatoms. The van der Waals surface area contributed by atoms with Crippen molar-refractivity contribution in [3.8, 4) is 0 Å². The maximum Gasteiger partial charge on any atom is 0.121 e. The first-order valence-electron chi connectivity index (χ1n) is 3.55. The predicted molar refractivity (Wildman–Crippen MR) is 55.5 cm³/mol. The molecule has 4 nitrogen and oxygen atoms in total. The zero-order valence-electron chi connectivity index (χ0n) is 6.97. The van der Waals surface area contributed by atoms with Gasteiger partial charge in [0.2, 0.25) is 0 Å². The Kier molecular flexibility index (Phi) is 6.58. The second-order valence-corrected chi connectivity index (χ2v) is 2.58. The van der Waals surface area contributed by atoms with Crippen LogP contribution in [0.15, 0.2) is 46.7 Å². The zero-order valence-corrected chi connectivity index (χ0v) is 7.79. The van der Waals surface area contributed by atoms with Gasteiger partial charge >= 0.3 is 0 Å². The average molecular weight is 197 g/mol. The van der Waals surface area contributed by atoms with Crippen molar-refractivity contribution in [3.63, 3.8) is 0 Å².